The first-order valence-corrected chi connectivity index (χ1v) is 32.4. The van der Waals surface area contributed by atoms with Crippen LogP contribution >= 0.6 is 0 Å². The minimum absolute atomic E-state index is 0.0600. The van der Waals surface area contributed by atoms with E-state index in [9.17, 15) is 14.4 Å². The fourth-order valence-corrected chi connectivity index (χ4v) is 15.0. The predicted octanol–water partition coefficient (Wildman–Crippen LogP) is 14.1. The van der Waals surface area contributed by atoms with E-state index in [0.717, 1.165) is 123 Å². The number of nitrogens with zero attached hydrogens (tertiary/aromatic N) is 7. The molecule has 6 heterocycles. The molecule has 2 aromatic heterocycles. The van der Waals surface area contributed by atoms with Crippen molar-refractivity contribution >= 4 is 62.7 Å². The topological polar surface area (TPSA) is 142 Å². The number of benzene rings is 9. The van der Waals surface area contributed by atoms with Gasteiger partial charge < -0.3 is 35.4 Å². The quantitative estimate of drug-likeness (QED) is 0.0806. The van der Waals surface area contributed by atoms with Crippen molar-refractivity contribution < 1.29 is 19.1 Å². The van der Waals surface area contributed by atoms with E-state index in [2.05, 4.69) is 233 Å². The molecule has 0 bridgehead atoms. The number of fused-ring (bicyclic) bond motifs is 2. The van der Waals surface area contributed by atoms with Crippen LogP contribution < -0.4 is 25.8 Å². The highest BCUT2D eigenvalue weighted by molar-refractivity contribution is 6.04. The van der Waals surface area contributed by atoms with Gasteiger partial charge in [0.25, 0.3) is 0 Å². The van der Waals surface area contributed by atoms with E-state index in [1.165, 1.54) is 0 Å². The van der Waals surface area contributed by atoms with Crippen molar-refractivity contribution in [1.82, 2.24) is 29.8 Å². The first-order valence-electron chi connectivity index (χ1n) is 32.4. The maximum Gasteiger partial charge on any atom is 0.410 e. The maximum atomic E-state index is 14.3. The van der Waals surface area contributed by atoms with Gasteiger partial charge in [-0.1, -0.05) is 212 Å². The van der Waals surface area contributed by atoms with Crippen molar-refractivity contribution in [3.8, 4) is 0 Å². The fraction of sp³-hybridized carbons (Fsp3) is 0.244. The van der Waals surface area contributed by atoms with Crippen LogP contribution in [0.4, 0.5) is 27.8 Å². The molecule has 4 aliphatic rings. The Hall–Kier alpha value is -10.3. The van der Waals surface area contributed by atoms with Gasteiger partial charge in [0.2, 0.25) is 11.8 Å². The molecule has 3 amide bonds. The highest BCUT2D eigenvalue weighted by atomic mass is 16.6. The van der Waals surface area contributed by atoms with Crippen LogP contribution in [0.2, 0.25) is 0 Å². The largest absolute Gasteiger partial charge is 0.445 e. The maximum absolute atomic E-state index is 14.3. The zero-order valence-electron chi connectivity index (χ0n) is 52.1. The van der Waals surface area contributed by atoms with Gasteiger partial charge in [-0.25, -0.2) is 14.2 Å². The smallest absolute Gasteiger partial charge is 0.410 e. The molecule has 2 spiro atoms. The van der Waals surface area contributed by atoms with Gasteiger partial charge in [0.1, 0.15) is 17.7 Å². The summed E-state index contributed by atoms with van der Waals surface area (Å²) in [4.78, 5) is 46.5. The Morgan fingerprint density at radius 1 is 0.478 bits per heavy atom. The lowest BCUT2D eigenvalue weighted by Crippen LogP contribution is -2.39. The molecule has 3 N–H and O–H groups in total. The Kier molecular flexibility index (Phi) is 16.2. The molecule has 14 nitrogen and oxygen atoms in total. The molecule has 0 radical (unpaired) electrons. The van der Waals surface area contributed by atoms with Crippen LogP contribution in [-0.2, 0) is 32.0 Å². The third-order valence-electron chi connectivity index (χ3n) is 19.5. The summed E-state index contributed by atoms with van der Waals surface area (Å²) in [5.41, 5.74) is 8.91. The van der Waals surface area contributed by atoms with Gasteiger partial charge in [-0.3, -0.25) is 9.59 Å². The SMILES string of the molecule is CCNc1nn(C(c2ccccc2)(c2ccccc2)c2ccccc2)c2ccc(N3CC[C@]4(CCN(C(=O)OCc5ccccc5)C4)C3=O)cc12.CCNc1nn(C(c2ccccc2)(c2ccccc2)c2ccccc2)c2ccc(N3CC[C@]4(CCNC4)C3=O)cc12. The number of rotatable bonds is 16. The number of aromatic nitrogens is 4. The number of ether oxygens (including phenoxy) is 1. The molecule has 2 atom stereocenters. The van der Waals surface area contributed by atoms with Gasteiger partial charge >= 0.3 is 6.09 Å². The van der Waals surface area contributed by atoms with Gasteiger partial charge in [0, 0.05) is 68.0 Å². The zero-order valence-corrected chi connectivity index (χ0v) is 52.1. The van der Waals surface area contributed by atoms with Crippen LogP contribution in [0.25, 0.3) is 21.8 Å². The van der Waals surface area contributed by atoms with Crippen molar-refractivity contribution in [2.75, 3.05) is 72.8 Å². The second-order valence-corrected chi connectivity index (χ2v) is 24.7. The molecule has 462 valence electrons. The Labute approximate surface area is 537 Å². The third kappa shape index (κ3) is 10.3. The zero-order chi connectivity index (χ0) is 62.7. The van der Waals surface area contributed by atoms with Gasteiger partial charge in [0.05, 0.1) is 21.9 Å². The van der Waals surface area contributed by atoms with Gasteiger partial charge in [-0.05, 0) is 121 Å². The Balaban J connectivity index is 0.000000164. The van der Waals surface area contributed by atoms with Crippen LogP contribution in [0.3, 0.4) is 0 Å². The Morgan fingerprint density at radius 2 is 0.848 bits per heavy atom. The van der Waals surface area contributed by atoms with E-state index in [4.69, 9.17) is 14.9 Å². The summed E-state index contributed by atoms with van der Waals surface area (Å²) in [6.07, 6.45) is 2.75. The van der Waals surface area contributed by atoms with Crippen molar-refractivity contribution in [2.45, 2.75) is 57.2 Å². The van der Waals surface area contributed by atoms with Crippen molar-refractivity contribution in [3.63, 3.8) is 0 Å². The van der Waals surface area contributed by atoms with E-state index in [1.807, 2.05) is 64.4 Å². The third-order valence-corrected chi connectivity index (χ3v) is 19.5. The van der Waals surface area contributed by atoms with E-state index < -0.39 is 16.5 Å². The van der Waals surface area contributed by atoms with E-state index in [1.54, 1.807) is 4.90 Å². The van der Waals surface area contributed by atoms with Crippen molar-refractivity contribution in [1.29, 1.82) is 0 Å². The monoisotopic (exact) mass is 1220 g/mol. The molecule has 9 aromatic carbocycles. The van der Waals surface area contributed by atoms with Gasteiger partial charge in [-0.2, -0.15) is 10.2 Å². The molecular weight excluding hydrogens is 1140 g/mol. The molecule has 0 aliphatic carbocycles. The summed E-state index contributed by atoms with van der Waals surface area (Å²) in [6.45, 7) is 9.70. The van der Waals surface area contributed by atoms with Crippen LogP contribution in [0.5, 0.6) is 0 Å². The standard InChI is InChI=1S/C43H41N5O3.C35H35N5O/c1-2-44-39-37-29-36(47-28-26-42(40(47)49)25-27-46(31-42)41(50)51-30-32-15-7-3-8-16-32)23-24-38(37)48(45-39)43(33-17-9-4-10-18-33,34-19-11-5-12-20-34)35-21-13-6-14-22-35;1-2-37-32-30-24-29(39-23-21-34(33(39)41)20-22-36-25-34)18-19-31(30)40(38-32)35(26-12-6-3-7-13-26,27-14-8-4-9-15-27)28-16-10-5-11-17-28/h3-24,29H,2,25-28,30-31H2,1H3,(H,44,45);3-19,24,36H,2,20-23,25H2,1H3,(H,37,38)/t42-;34-/m00/s1. The lowest BCUT2D eigenvalue weighted by atomic mass is 9.77. The summed E-state index contributed by atoms with van der Waals surface area (Å²) in [5.74, 6) is 1.88. The average molecular weight is 1220 g/mol. The molecule has 0 saturated carbocycles. The highest BCUT2D eigenvalue weighted by Gasteiger charge is 2.53. The summed E-state index contributed by atoms with van der Waals surface area (Å²) in [6, 6.07) is 85.7. The summed E-state index contributed by atoms with van der Waals surface area (Å²) in [5, 5.41) is 23.1. The number of amides is 3. The second kappa shape index (κ2) is 25.2. The molecular formula is C78H76N10O4. The molecule has 11 aromatic rings. The predicted molar refractivity (Wildman–Crippen MR) is 366 cm³/mol. The van der Waals surface area contributed by atoms with Crippen LogP contribution in [0.1, 0.15) is 78.5 Å². The van der Waals surface area contributed by atoms with Crippen molar-refractivity contribution in [3.05, 3.63) is 288 Å². The number of carbonyl (C=O) groups is 3. The molecule has 4 aliphatic heterocycles. The normalized spacial score (nSPS) is 18.1. The number of carbonyl (C=O) groups excluding carboxylic acids is 3. The van der Waals surface area contributed by atoms with Crippen LogP contribution in [0, 0.1) is 10.8 Å². The van der Waals surface area contributed by atoms with Crippen LogP contribution in [0.15, 0.2) is 249 Å². The molecule has 4 fully saturated rings. The molecule has 0 unspecified atom stereocenters. The number of likely N-dealkylation sites (tertiary alicyclic amines) is 1. The lowest BCUT2D eigenvalue weighted by molar-refractivity contribution is -0.125. The first kappa shape index (κ1) is 59.3. The lowest BCUT2D eigenvalue weighted by Gasteiger charge is -2.37. The summed E-state index contributed by atoms with van der Waals surface area (Å²) >= 11 is 0. The molecule has 92 heavy (non-hydrogen) atoms. The van der Waals surface area contributed by atoms with Crippen molar-refractivity contribution in [2.24, 2.45) is 10.8 Å². The number of hydrogen-bond acceptors (Lipinski definition) is 9. The number of nitrogens with one attached hydrogen (secondary N) is 3. The fourth-order valence-electron chi connectivity index (χ4n) is 15.0. The highest BCUT2D eigenvalue weighted by Crippen LogP contribution is 2.49. The van der Waals surface area contributed by atoms with E-state index in [0.29, 0.717) is 39.0 Å². The second-order valence-electron chi connectivity index (χ2n) is 24.7. The minimum atomic E-state index is -0.785. The minimum Gasteiger partial charge on any atom is -0.445 e. The molecule has 4 saturated heterocycles. The molecule has 15 rings (SSSR count). The molecule has 14 heteroatoms. The van der Waals surface area contributed by atoms with Gasteiger partial charge in [-0.15, -0.1) is 0 Å². The van der Waals surface area contributed by atoms with E-state index >= 15 is 0 Å². The summed E-state index contributed by atoms with van der Waals surface area (Å²) < 4.78 is 9.94. The Morgan fingerprint density at radius 3 is 1.23 bits per heavy atom. The van der Waals surface area contributed by atoms with Gasteiger partial charge in [0.15, 0.2) is 11.6 Å². The number of anilines is 4. The Bertz CT molecular complexity index is 4200. The number of hydrogen-bond donors (Lipinski definition) is 3. The summed E-state index contributed by atoms with van der Waals surface area (Å²) in [7, 11) is 0. The first-order chi connectivity index (χ1) is 45.2. The van der Waals surface area contributed by atoms with E-state index in [-0.39, 0.29) is 29.9 Å². The average Bonchev–Trinajstić information content (AvgIpc) is 1.44. The van der Waals surface area contributed by atoms with Crippen LogP contribution in [-0.4, -0.2) is 94.7 Å².